The molecule has 0 spiro atoms. The van der Waals surface area contributed by atoms with Crippen LogP contribution in [0.4, 0.5) is 17.1 Å². The lowest BCUT2D eigenvalue weighted by molar-refractivity contribution is 0.768. The van der Waals surface area contributed by atoms with Gasteiger partial charge in [-0.1, -0.05) is 213 Å². The Morgan fingerprint density at radius 1 is 0.382 bits per heavy atom. The number of fused-ring (bicyclic) bond motifs is 8. The van der Waals surface area contributed by atoms with Crippen LogP contribution in [0.2, 0.25) is 0 Å². The first-order chi connectivity index (χ1) is 33.2. The first-order valence-corrected chi connectivity index (χ1v) is 26.6. The van der Waals surface area contributed by atoms with Gasteiger partial charge >= 0.3 is 0 Å². The van der Waals surface area contributed by atoms with E-state index in [-0.39, 0.29) is 7.92 Å². The zero-order chi connectivity index (χ0) is 46.8. The Bertz CT molecular complexity index is 3480. The number of hydrogen-bond donors (Lipinski definition) is 0. The summed E-state index contributed by atoms with van der Waals surface area (Å²) >= 11 is 1.88. The summed E-state index contributed by atoms with van der Waals surface area (Å²) in [4.78, 5) is 2.49. The minimum atomic E-state index is -0.486. The maximum Gasteiger partial charge on any atom is 0.0714 e. The Balaban J connectivity index is 0.000000209. The van der Waals surface area contributed by atoms with Crippen molar-refractivity contribution in [3.8, 4) is 11.1 Å². The largest absolute Gasteiger partial charge is 0.310 e. The molecule has 11 aromatic rings. The molecule has 3 heteroatoms. The maximum atomic E-state index is 2.51. The molecule has 1 aromatic heterocycles. The Kier molecular flexibility index (Phi) is 12.7. The molecule has 0 unspecified atom stereocenters. The van der Waals surface area contributed by atoms with E-state index < -0.39 is 5.41 Å². The van der Waals surface area contributed by atoms with Crippen molar-refractivity contribution in [3.05, 3.63) is 275 Å². The van der Waals surface area contributed by atoms with Gasteiger partial charge in [-0.25, -0.2) is 0 Å². The van der Waals surface area contributed by atoms with Crippen LogP contribution in [0.5, 0.6) is 0 Å². The van der Waals surface area contributed by atoms with Crippen LogP contribution in [0.25, 0.3) is 42.1 Å². The average molecular weight is 914 g/mol. The Morgan fingerprint density at radius 2 is 0.926 bits per heavy atom. The first kappa shape index (κ1) is 44.7. The van der Waals surface area contributed by atoms with Gasteiger partial charge in [0.05, 0.1) is 11.1 Å². The van der Waals surface area contributed by atoms with Crippen molar-refractivity contribution in [2.75, 3.05) is 18.2 Å². The lowest BCUT2D eigenvalue weighted by Gasteiger charge is -2.35. The maximum absolute atomic E-state index is 2.51. The molecule has 0 saturated heterocycles. The molecule has 0 saturated carbocycles. The van der Waals surface area contributed by atoms with E-state index >= 15 is 0 Å². The minimum Gasteiger partial charge on any atom is -0.310 e. The fourth-order valence-electron chi connectivity index (χ4n) is 10.0. The number of anilines is 3. The number of aryl methyl sites for hydroxylation is 4. The summed E-state index contributed by atoms with van der Waals surface area (Å²) in [6, 6.07) is 84.5. The first-order valence-electron chi connectivity index (χ1n) is 23.5. The van der Waals surface area contributed by atoms with E-state index in [1.165, 1.54) is 103 Å². The highest BCUT2D eigenvalue weighted by Crippen LogP contribution is 2.60. The second-order valence-electron chi connectivity index (χ2n) is 18.2. The molecule has 332 valence electrons. The predicted octanol–water partition coefficient (Wildman–Crippen LogP) is 18.0. The molecule has 0 fully saturated rings. The molecule has 68 heavy (non-hydrogen) atoms. The number of hydrogen-bond acceptors (Lipinski definition) is 2. The van der Waals surface area contributed by atoms with Crippen molar-refractivity contribution in [2.45, 2.75) is 33.1 Å². The number of rotatable bonds is 6. The standard InChI is InChI=1S/C45H38NP.C13H10S.C7H8/c1-31-22-25-35(26-23-31)46(36-18-13-19-37(29-36)47(3)4)43-30-42-44(39-21-12-11-20-38(39)43)40-27-24-32(2)28-41(40)45(42,33-14-7-5-8-15-33)34-16-9-6-10-17-34;1-9-6-7-11-10-4-2-3-5-12(10)14-13(11)8-9;1-7-5-3-2-4-6-7/h5-30H,1-4H3;2-8H,1H3;2-6H,1H3. The summed E-state index contributed by atoms with van der Waals surface area (Å²) in [5.74, 6) is 0. The van der Waals surface area contributed by atoms with E-state index in [1.807, 2.05) is 29.5 Å². The molecule has 0 atom stereocenters. The van der Waals surface area contributed by atoms with Crippen molar-refractivity contribution < 1.29 is 0 Å². The molecule has 0 amide bonds. The Morgan fingerprint density at radius 3 is 1.57 bits per heavy atom. The number of thiophene rings is 1. The number of benzene rings is 10. The zero-order valence-electron chi connectivity index (χ0n) is 39.7. The van der Waals surface area contributed by atoms with E-state index in [2.05, 4.69) is 258 Å². The van der Waals surface area contributed by atoms with Gasteiger partial charge in [-0.05, 0) is 133 Å². The van der Waals surface area contributed by atoms with E-state index in [9.17, 15) is 0 Å². The molecule has 0 aliphatic heterocycles. The Hall–Kier alpha value is -7.09. The van der Waals surface area contributed by atoms with Crippen LogP contribution in [0.1, 0.15) is 44.5 Å². The fraction of sp³-hybridized carbons (Fsp3) is 0.108. The summed E-state index contributed by atoms with van der Waals surface area (Å²) < 4.78 is 2.78. The van der Waals surface area contributed by atoms with Gasteiger partial charge in [-0.2, -0.15) is 0 Å². The van der Waals surface area contributed by atoms with E-state index in [4.69, 9.17) is 0 Å². The third-order valence-electron chi connectivity index (χ3n) is 13.3. The molecule has 1 aliphatic carbocycles. The summed E-state index contributed by atoms with van der Waals surface area (Å²) in [7, 11) is -0.256. The summed E-state index contributed by atoms with van der Waals surface area (Å²) in [5.41, 5.74) is 16.1. The van der Waals surface area contributed by atoms with Gasteiger partial charge in [-0.15, -0.1) is 11.3 Å². The van der Waals surface area contributed by atoms with Gasteiger partial charge in [0.25, 0.3) is 0 Å². The smallest absolute Gasteiger partial charge is 0.0714 e. The molecular formula is C65H56NPS. The van der Waals surface area contributed by atoms with Gasteiger partial charge in [0, 0.05) is 36.9 Å². The van der Waals surface area contributed by atoms with Gasteiger partial charge in [0.2, 0.25) is 0 Å². The monoisotopic (exact) mass is 913 g/mol. The molecule has 12 rings (SSSR count). The predicted molar refractivity (Wildman–Crippen MR) is 299 cm³/mol. The summed E-state index contributed by atoms with van der Waals surface area (Å²) in [5, 5.41) is 6.69. The highest BCUT2D eigenvalue weighted by atomic mass is 32.1. The topological polar surface area (TPSA) is 3.24 Å². The van der Waals surface area contributed by atoms with Crippen LogP contribution in [0, 0.1) is 27.7 Å². The van der Waals surface area contributed by atoms with E-state index in [0.717, 1.165) is 5.69 Å². The van der Waals surface area contributed by atoms with Crippen LogP contribution in [-0.4, -0.2) is 13.3 Å². The van der Waals surface area contributed by atoms with Gasteiger partial charge < -0.3 is 4.90 Å². The Labute approximate surface area is 407 Å². The molecule has 10 aromatic carbocycles. The van der Waals surface area contributed by atoms with Crippen molar-refractivity contribution in [1.29, 1.82) is 0 Å². The molecule has 0 radical (unpaired) electrons. The molecular weight excluding hydrogens is 858 g/mol. The minimum absolute atomic E-state index is 0.256. The van der Waals surface area contributed by atoms with Crippen molar-refractivity contribution in [2.24, 2.45) is 0 Å². The van der Waals surface area contributed by atoms with Crippen LogP contribution < -0.4 is 10.2 Å². The zero-order valence-corrected chi connectivity index (χ0v) is 41.5. The third-order valence-corrected chi connectivity index (χ3v) is 15.7. The molecule has 1 aliphatic rings. The molecule has 0 bridgehead atoms. The summed E-state index contributed by atoms with van der Waals surface area (Å²) in [6.07, 6.45) is 0. The van der Waals surface area contributed by atoms with Gasteiger partial charge in [0.1, 0.15) is 0 Å². The normalized spacial score (nSPS) is 12.2. The number of nitrogens with zero attached hydrogens (tertiary/aromatic N) is 1. The quantitative estimate of drug-likeness (QED) is 0.150. The SMILES string of the molecule is Cc1ccc(N(c2cccc(P(C)C)c2)c2cc3c(c4ccccc24)-c2ccc(C)cc2C3(c2ccccc2)c2ccccc2)cc1.Cc1ccc2c(c1)sc1ccccc12.Cc1ccccc1. The van der Waals surface area contributed by atoms with E-state index in [0.29, 0.717) is 0 Å². The average Bonchev–Trinajstić information content (AvgIpc) is 3.88. The third kappa shape index (κ3) is 8.45. The second-order valence-corrected chi connectivity index (χ2v) is 21.6. The van der Waals surface area contributed by atoms with Crippen molar-refractivity contribution >= 4 is 72.6 Å². The summed E-state index contributed by atoms with van der Waals surface area (Å²) in [6.45, 7) is 13.3. The fourth-order valence-corrected chi connectivity index (χ4v) is 12.0. The van der Waals surface area contributed by atoms with Crippen LogP contribution in [0.15, 0.2) is 231 Å². The molecule has 1 nitrogen and oxygen atoms in total. The molecule has 0 N–H and O–H groups in total. The highest BCUT2D eigenvalue weighted by Gasteiger charge is 2.47. The van der Waals surface area contributed by atoms with Crippen LogP contribution >= 0.6 is 19.3 Å². The van der Waals surface area contributed by atoms with Crippen molar-refractivity contribution in [3.63, 3.8) is 0 Å². The highest BCUT2D eigenvalue weighted by molar-refractivity contribution is 7.64. The molecule has 1 heterocycles. The van der Waals surface area contributed by atoms with E-state index in [1.54, 1.807) is 0 Å². The van der Waals surface area contributed by atoms with Gasteiger partial charge in [0.15, 0.2) is 0 Å². The second kappa shape index (κ2) is 19.3. The van der Waals surface area contributed by atoms with Crippen LogP contribution in [0.3, 0.4) is 0 Å². The van der Waals surface area contributed by atoms with Crippen molar-refractivity contribution in [1.82, 2.24) is 0 Å². The van der Waals surface area contributed by atoms with Gasteiger partial charge in [-0.3, -0.25) is 0 Å². The lowest BCUT2D eigenvalue weighted by atomic mass is 9.67. The van der Waals surface area contributed by atoms with Crippen LogP contribution in [-0.2, 0) is 5.41 Å². The lowest BCUT2D eigenvalue weighted by Crippen LogP contribution is -2.29.